The minimum atomic E-state index is 0.394. The SMILES string of the molecule is CCCCc1ccc(O)cc1C(C)CC. The van der Waals surface area contributed by atoms with Crippen molar-refractivity contribution in [3.63, 3.8) is 0 Å². The minimum absolute atomic E-state index is 0.394. The van der Waals surface area contributed by atoms with Gasteiger partial charge in [-0.1, -0.05) is 33.3 Å². The first kappa shape index (κ1) is 12.1. The van der Waals surface area contributed by atoms with Crippen LogP contribution < -0.4 is 0 Å². The van der Waals surface area contributed by atoms with E-state index in [1.54, 1.807) is 6.07 Å². The molecule has 0 saturated carbocycles. The molecular formula is C14H22O. The van der Waals surface area contributed by atoms with Crippen LogP contribution in [0, 0.1) is 0 Å². The Bertz CT molecular complexity index is 304. The van der Waals surface area contributed by atoms with Crippen molar-refractivity contribution in [2.45, 2.75) is 52.4 Å². The van der Waals surface area contributed by atoms with Gasteiger partial charge in [0.15, 0.2) is 0 Å². The van der Waals surface area contributed by atoms with Gasteiger partial charge in [-0.25, -0.2) is 0 Å². The third-order valence-electron chi connectivity index (χ3n) is 3.07. The lowest BCUT2D eigenvalue weighted by atomic mass is 9.91. The summed E-state index contributed by atoms with van der Waals surface area (Å²) in [7, 11) is 0. The van der Waals surface area contributed by atoms with Gasteiger partial charge in [0, 0.05) is 0 Å². The van der Waals surface area contributed by atoms with E-state index in [-0.39, 0.29) is 0 Å². The summed E-state index contributed by atoms with van der Waals surface area (Å²) >= 11 is 0. The van der Waals surface area contributed by atoms with Gasteiger partial charge in [-0.3, -0.25) is 0 Å². The molecule has 15 heavy (non-hydrogen) atoms. The third kappa shape index (κ3) is 3.26. The number of unbranched alkanes of at least 4 members (excludes halogenated alkanes) is 1. The number of phenols is 1. The minimum Gasteiger partial charge on any atom is -0.508 e. The van der Waals surface area contributed by atoms with Crippen molar-refractivity contribution in [2.75, 3.05) is 0 Å². The van der Waals surface area contributed by atoms with Crippen LogP contribution in [0.25, 0.3) is 0 Å². The highest BCUT2D eigenvalue weighted by atomic mass is 16.3. The summed E-state index contributed by atoms with van der Waals surface area (Å²) in [6, 6.07) is 5.81. The summed E-state index contributed by atoms with van der Waals surface area (Å²) < 4.78 is 0. The molecule has 0 fully saturated rings. The highest BCUT2D eigenvalue weighted by molar-refractivity contribution is 5.37. The molecule has 1 atom stereocenters. The molecule has 1 N–H and O–H groups in total. The molecule has 0 bridgehead atoms. The van der Waals surface area contributed by atoms with Crippen molar-refractivity contribution >= 4 is 0 Å². The van der Waals surface area contributed by atoms with E-state index < -0.39 is 0 Å². The van der Waals surface area contributed by atoms with E-state index in [0.717, 1.165) is 12.8 Å². The summed E-state index contributed by atoms with van der Waals surface area (Å²) in [6.07, 6.45) is 4.72. The van der Waals surface area contributed by atoms with Crippen LogP contribution >= 0.6 is 0 Å². The molecule has 0 aliphatic rings. The molecule has 0 amide bonds. The molecule has 1 aromatic carbocycles. The van der Waals surface area contributed by atoms with Crippen LogP contribution in [0.3, 0.4) is 0 Å². The van der Waals surface area contributed by atoms with Gasteiger partial charge in [0.2, 0.25) is 0 Å². The lowest BCUT2D eigenvalue weighted by Crippen LogP contribution is -1.98. The Kier molecular flexibility index (Phi) is 4.67. The zero-order chi connectivity index (χ0) is 11.3. The van der Waals surface area contributed by atoms with Crippen LogP contribution in [0.4, 0.5) is 0 Å². The molecule has 0 aliphatic heterocycles. The van der Waals surface area contributed by atoms with Crippen molar-refractivity contribution < 1.29 is 5.11 Å². The standard InChI is InChI=1S/C14H22O/c1-4-6-7-12-8-9-13(15)10-14(12)11(3)5-2/h8-11,15H,4-7H2,1-3H3. The molecule has 1 rings (SSSR count). The Morgan fingerprint density at radius 3 is 2.60 bits per heavy atom. The van der Waals surface area contributed by atoms with Gasteiger partial charge in [-0.05, 0) is 48.4 Å². The predicted molar refractivity (Wildman–Crippen MR) is 65.4 cm³/mol. The number of hydrogen-bond acceptors (Lipinski definition) is 1. The lowest BCUT2D eigenvalue weighted by molar-refractivity contribution is 0.473. The molecule has 1 unspecified atom stereocenters. The second-order valence-corrected chi connectivity index (χ2v) is 4.30. The van der Waals surface area contributed by atoms with Crippen LogP contribution in [0.15, 0.2) is 18.2 Å². The molecule has 0 radical (unpaired) electrons. The van der Waals surface area contributed by atoms with E-state index in [2.05, 4.69) is 26.8 Å². The fourth-order valence-corrected chi connectivity index (χ4v) is 1.86. The van der Waals surface area contributed by atoms with E-state index in [0.29, 0.717) is 11.7 Å². The number of phenolic OH excluding ortho intramolecular Hbond substituents is 1. The molecule has 1 heteroatoms. The number of benzene rings is 1. The molecule has 0 spiro atoms. The molecule has 0 heterocycles. The first-order valence-corrected chi connectivity index (χ1v) is 6.00. The van der Waals surface area contributed by atoms with E-state index in [9.17, 15) is 5.11 Å². The van der Waals surface area contributed by atoms with Gasteiger partial charge in [-0.2, -0.15) is 0 Å². The van der Waals surface area contributed by atoms with Crippen molar-refractivity contribution in [3.05, 3.63) is 29.3 Å². The topological polar surface area (TPSA) is 20.2 Å². The Morgan fingerprint density at radius 2 is 2.00 bits per heavy atom. The van der Waals surface area contributed by atoms with Crippen LogP contribution in [0.2, 0.25) is 0 Å². The fraction of sp³-hybridized carbons (Fsp3) is 0.571. The van der Waals surface area contributed by atoms with E-state index >= 15 is 0 Å². The molecule has 1 nitrogen and oxygen atoms in total. The zero-order valence-electron chi connectivity index (χ0n) is 10.1. The Morgan fingerprint density at radius 1 is 1.27 bits per heavy atom. The normalized spacial score (nSPS) is 12.7. The molecule has 1 aromatic rings. The van der Waals surface area contributed by atoms with Gasteiger partial charge in [0.25, 0.3) is 0 Å². The highest BCUT2D eigenvalue weighted by Gasteiger charge is 2.09. The summed E-state index contributed by atoms with van der Waals surface area (Å²) in [6.45, 7) is 6.63. The lowest BCUT2D eigenvalue weighted by Gasteiger charge is -2.15. The molecule has 0 aliphatic carbocycles. The average Bonchev–Trinajstić information content (AvgIpc) is 2.26. The second kappa shape index (κ2) is 5.79. The predicted octanol–water partition coefficient (Wildman–Crippen LogP) is 4.25. The monoisotopic (exact) mass is 206 g/mol. The van der Waals surface area contributed by atoms with Crippen LogP contribution in [0.5, 0.6) is 5.75 Å². The third-order valence-corrected chi connectivity index (χ3v) is 3.07. The largest absolute Gasteiger partial charge is 0.508 e. The van der Waals surface area contributed by atoms with Crippen molar-refractivity contribution in [1.29, 1.82) is 0 Å². The van der Waals surface area contributed by atoms with Gasteiger partial charge < -0.3 is 5.11 Å². The maximum absolute atomic E-state index is 9.51. The average molecular weight is 206 g/mol. The molecule has 84 valence electrons. The van der Waals surface area contributed by atoms with E-state index in [4.69, 9.17) is 0 Å². The molecular weight excluding hydrogens is 184 g/mol. The fourth-order valence-electron chi connectivity index (χ4n) is 1.86. The van der Waals surface area contributed by atoms with Crippen molar-refractivity contribution in [3.8, 4) is 5.75 Å². The zero-order valence-corrected chi connectivity index (χ0v) is 10.1. The van der Waals surface area contributed by atoms with Crippen molar-refractivity contribution in [1.82, 2.24) is 0 Å². The maximum atomic E-state index is 9.51. The van der Waals surface area contributed by atoms with Crippen LogP contribution in [-0.4, -0.2) is 5.11 Å². The first-order chi connectivity index (χ1) is 7.19. The Hall–Kier alpha value is -0.980. The Balaban J connectivity index is 2.92. The van der Waals surface area contributed by atoms with Crippen molar-refractivity contribution in [2.24, 2.45) is 0 Å². The summed E-state index contributed by atoms with van der Waals surface area (Å²) in [5.41, 5.74) is 2.73. The highest BCUT2D eigenvalue weighted by Crippen LogP contribution is 2.27. The van der Waals surface area contributed by atoms with E-state index in [1.165, 1.54) is 24.0 Å². The Labute approximate surface area is 93.1 Å². The number of hydrogen-bond donors (Lipinski definition) is 1. The summed E-state index contributed by atoms with van der Waals surface area (Å²) in [5, 5.41) is 9.51. The smallest absolute Gasteiger partial charge is 0.115 e. The first-order valence-electron chi connectivity index (χ1n) is 6.00. The summed E-state index contributed by atoms with van der Waals surface area (Å²) in [4.78, 5) is 0. The number of aromatic hydroxyl groups is 1. The number of rotatable bonds is 5. The summed E-state index contributed by atoms with van der Waals surface area (Å²) in [5.74, 6) is 0.939. The molecule has 0 aromatic heterocycles. The molecule has 0 saturated heterocycles. The van der Waals surface area contributed by atoms with Gasteiger partial charge in [0.05, 0.1) is 0 Å². The quantitative estimate of drug-likeness (QED) is 0.763. The maximum Gasteiger partial charge on any atom is 0.115 e. The van der Waals surface area contributed by atoms with E-state index in [1.807, 2.05) is 6.07 Å². The number of aryl methyl sites for hydroxylation is 1. The van der Waals surface area contributed by atoms with Gasteiger partial charge >= 0.3 is 0 Å². The van der Waals surface area contributed by atoms with Crippen LogP contribution in [-0.2, 0) is 6.42 Å². The van der Waals surface area contributed by atoms with Gasteiger partial charge in [0.1, 0.15) is 5.75 Å². The van der Waals surface area contributed by atoms with Gasteiger partial charge in [-0.15, -0.1) is 0 Å². The second-order valence-electron chi connectivity index (χ2n) is 4.30. The van der Waals surface area contributed by atoms with Crippen LogP contribution in [0.1, 0.15) is 57.1 Å².